The van der Waals surface area contributed by atoms with E-state index in [1.165, 1.54) is 12.4 Å². The van der Waals surface area contributed by atoms with Crippen LogP contribution in [0.1, 0.15) is 5.56 Å². The third-order valence-corrected chi connectivity index (χ3v) is 5.89. The predicted molar refractivity (Wildman–Crippen MR) is 112 cm³/mol. The number of nitrogens with one attached hydrogen (secondary N) is 3. The van der Waals surface area contributed by atoms with E-state index in [0.717, 1.165) is 12.3 Å². The van der Waals surface area contributed by atoms with Crippen molar-refractivity contribution in [3.05, 3.63) is 72.2 Å². The number of benzene rings is 2. The first-order valence-electron chi connectivity index (χ1n) is 9.40. The van der Waals surface area contributed by atoms with Crippen LogP contribution in [0.4, 0.5) is 38.1 Å². The summed E-state index contributed by atoms with van der Waals surface area (Å²) in [7, 11) is -4.56. The van der Waals surface area contributed by atoms with E-state index < -0.39 is 55.8 Å². The van der Waals surface area contributed by atoms with Crippen molar-refractivity contribution >= 4 is 38.7 Å². The number of halogens is 5. The number of aromatic nitrogens is 3. The van der Waals surface area contributed by atoms with Gasteiger partial charge in [0.2, 0.25) is 0 Å². The quantitative estimate of drug-likeness (QED) is 0.333. The first kappa shape index (κ1) is 23.9. The Morgan fingerprint density at radius 2 is 1.74 bits per heavy atom. The monoisotopic (exact) mass is 513 g/mol. The summed E-state index contributed by atoms with van der Waals surface area (Å²) in [6.45, 7) is 0. The molecule has 0 aliphatic carbocycles. The average molecular weight is 513 g/mol. The average Bonchev–Trinajstić information content (AvgIpc) is 3.26. The number of aromatic amines is 1. The van der Waals surface area contributed by atoms with Crippen LogP contribution in [0, 0.1) is 11.6 Å². The molecule has 0 spiro atoms. The number of rotatable bonds is 5. The zero-order valence-electron chi connectivity index (χ0n) is 17.0. The molecule has 0 aliphatic rings. The third-order valence-electron chi connectivity index (χ3n) is 4.51. The topological polar surface area (TPSA) is 126 Å². The fourth-order valence-corrected chi connectivity index (χ4v) is 3.93. The van der Waals surface area contributed by atoms with Crippen molar-refractivity contribution in [3.63, 3.8) is 0 Å². The van der Waals surface area contributed by atoms with Gasteiger partial charge in [-0.25, -0.2) is 32.0 Å². The highest BCUT2D eigenvalue weighted by Gasteiger charge is 2.31. The third kappa shape index (κ3) is 5.13. The molecule has 0 unspecified atom stereocenters. The van der Waals surface area contributed by atoms with Gasteiger partial charge in [-0.3, -0.25) is 10.0 Å². The summed E-state index contributed by atoms with van der Waals surface area (Å²) in [6.07, 6.45) is -3.51. The molecule has 2 aromatic heterocycles. The van der Waals surface area contributed by atoms with Crippen LogP contribution in [0.2, 0.25) is 0 Å². The normalized spacial score (nSPS) is 11.9. The summed E-state index contributed by atoms with van der Waals surface area (Å²) in [5.41, 5.74) is -2.13. The number of amides is 1. The molecule has 35 heavy (non-hydrogen) atoms. The lowest BCUT2D eigenvalue weighted by molar-refractivity contribution is -0.137. The van der Waals surface area contributed by atoms with Gasteiger partial charge in [0.25, 0.3) is 10.0 Å². The first-order chi connectivity index (χ1) is 16.4. The molecule has 1 amide bonds. The molecule has 4 rings (SSSR count). The van der Waals surface area contributed by atoms with Crippen molar-refractivity contribution in [1.82, 2.24) is 15.0 Å². The van der Waals surface area contributed by atoms with Crippen LogP contribution in [0.5, 0.6) is 5.75 Å². The lowest BCUT2D eigenvalue weighted by Crippen LogP contribution is -2.20. The Hall–Kier alpha value is -4.27. The number of carbonyl (C=O) groups excluding carboxylic acids is 1. The Morgan fingerprint density at radius 3 is 2.43 bits per heavy atom. The van der Waals surface area contributed by atoms with E-state index >= 15 is 0 Å². The second kappa shape index (κ2) is 8.83. The van der Waals surface area contributed by atoms with Crippen LogP contribution in [0.15, 0.2) is 59.9 Å². The second-order valence-electron chi connectivity index (χ2n) is 6.87. The van der Waals surface area contributed by atoms with E-state index in [0.29, 0.717) is 41.5 Å². The van der Waals surface area contributed by atoms with Gasteiger partial charge >= 0.3 is 12.3 Å². The molecule has 0 aliphatic heterocycles. The molecule has 0 bridgehead atoms. The van der Waals surface area contributed by atoms with E-state index in [1.807, 2.05) is 5.32 Å². The van der Waals surface area contributed by atoms with Crippen molar-refractivity contribution < 1.29 is 39.9 Å². The molecule has 2 aromatic carbocycles. The zero-order valence-corrected chi connectivity index (χ0v) is 17.8. The molecule has 182 valence electrons. The molecular weight excluding hydrogens is 501 g/mol. The van der Waals surface area contributed by atoms with Crippen molar-refractivity contribution in [1.29, 1.82) is 0 Å². The number of H-pyrrole nitrogens is 1. The van der Waals surface area contributed by atoms with Crippen LogP contribution >= 0.6 is 0 Å². The largest absolute Gasteiger partial charge is 0.417 e. The molecule has 4 aromatic rings. The number of fused-ring (bicyclic) bond motifs is 1. The molecule has 9 nitrogen and oxygen atoms in total. The highest BCUT2D eigenvalue weighted by molar-refractivity contribution is 7.92. The van der Waals surface area contributed by atoms with Gasteiger partial charge in [-0.15, -0.1) is 0 Å². The van der Waals surface area contributed by atoms with Crippen LogP contribution in [0.3, 0.4) is 0 Å². The fraction of sp³-hybridized carbons (Fsp3) is 0.0500. The predicted octanol–water partition coefficient (Wildman–Crippen LogP) is 4.67. The molecule has 3 N–H and O–H groups in total. The minimum Gasteiger partial charge on any atom is -0.408 e. The Morgan fingerprint density at radius 1 is 1.03 bits per heavy atom. The van der Waals surface area contributed by atoms with Crippen molar-refractivity contribution in [3.8, 4) is 5.75 Å². The van der Waals surface area contributed by atoms with Gasteiger partial charge in [0.05, 0.1) is 34.2 Å². The lowest BCUT2D eigenvalue weighted by atomic mass is 10.2. The van der Waals surface area contributed by atoms with Gasteiger partial charge in [0.1, 0.15) is 11.5 Å². The van der Waals surface area contributed by atoms with Gasteiger partial charge in [-0.05, 0) is 36.4 Å². The number of sulfonamides is 1. The number of carbonyl (C=O) groups is 1. The number of imidazole rings is 1. The number of pyridine rings is 1. The minimum atomic E-state index is -4.69. The summed E-state index contributed by atoms with van der Waals surface area (Å²) in [5, 5.41) is 1.83. The van der Waals surface area contributed by atoms with Crippen LogP contribution < -0.4 is 14.8 Å². The maximum Gasteiger partial charge on any atom is 0.417 e. The van der Waals surface area contributed by atoms with Gasteiger partial charge in [0, 0.05) is 6.07 Å². The summed E-state index contributed by atoms with van der Waals surface area (Å²) in [6, 6.07) is 5.18. The minimum absolute atomic E-state index is 0.0840. The van der Waals surface area contributed by atoms with E-state index in [2.05, 4.69) is 15.0 Å². The zero-order chi connectivity index (χ0) is 25.4. The van der Waals surface area contributed by atoms with Gasteiger partial charge in [-0.2, -0.15) is 13.2 Å². The first-order valence-corrected chi connectivity index (χ1v) is 10.9. The fourth-order valence-electron chi connectivity index (χ4n) is 2.87. The molecular formula is C20H12F5N5O4S. The van der Waals surface area contributed by atoms with Crippen LogP contribution in [-0.4, -0.2) is 29.5 Å². The Labute approximate surface area is 193 Å². The van der Waals surface area contributed by atoms with E-state index in [1.54, 1.807) is 4.72 Å². The number of anilines is 2. The Bertz CT molecular complexity index is 1520. The number of nitrogens with zero attached hydrogens (tertiary/aromatic N) is 2. The SMILES string of the molecule is O=C(Nc1c(F)ccc(NS(=O)(=O)c2ccc(C(F)(F)F)cc2)c1F)Oc1cnc2nc[nH]c2c1. The number of hydrogen-bond acceptors (Lipinski definition) is 6. The molecule has 0 saturated carbocycles. The highest BCUT2D eigenvalue weighted by Crippen LogP contribution is 2.31. The summed E-state index contributed by atoms with van der Waals surface area (Å²) in [4.78, 5) is 22.0. The van der Waals surface area contributed by atoms with Gasteiger partial charge in [0.15, 0.2) is 17.2 Å². The van der Waals surface area contributed by atoms with E-state index in [4.69, 9.17) is 4.74 Å². The van der Waals surface area contributed by atoms with Crippen molar-refractivity contribution in [2.24, 2.45) is 0 Å². The molecule has 2 heterocycles. The highest BCUT2D eigenvalue weighted by atomic mass is 32.2. The Balaban J connectivity index is 1.53. The number of ether oxygens (including phenoxy) is 1. The van der Waals surface area contributed by atoms with Crippen LogP contribution in [0.25, 0.3) is 11.2 Å². The van der Waals surface area contributed by atoms with Gasteiger partial charge in [-0.1, -0.05) is 0 Å². The van der Waals surface area contributed by atoms with Crippen molar-refractivity contribution in [2.75, 3.05) is 10.0 Å². The lowest BCUT2D eigenvalue weighted by Gasteiger charge is -2.14. The molecule has 0 radical (unpaired) electrons. The summed E-state index contributed by atoms with van der Waals surface area (Å²) >= 11 is 0. The molecule has 0 saturated heterocycles. The molecule has 0 atom stereocenters. The Kier molecular flexibility index (Phi) is 6.02. The van der Waals surface area contributed by atoms with E-state index in [9.17, 15) is 35.2 Å². The van der Waals surface area contributed by atoms with Crippen molar-refractivity contribution in [2.45, 2.75) is 11.1 Å². The maximum absolute atomic E-state index is 14.9. The standard InChI is InChI=1S/C20H12F5N5O4S/c21-13-5-6-14(30-35(32,33)12-3-1-10(2-4-12)20(23,24)25)16(22)17(13)29-19(31)34-11-7-15-18(26-8-11)28-9-27-15/h1-9,30H,(H,29,31)(H,26,27,28). The summed E-state index contributed by atoms with van der Waals surface area (Å²) < 4.78 is 98.8. The molecule has 15 heteroatoms. The second-order valence-corrected chi connectivity index (χ2v) is 8.55. The maximum atomic E-state index is 14.9. The van der Waals surface area contributed by atoms with Gasteiger partial charge < -0.3 is 9.72 Å². The summed E-state index contributed by atoms with van der Waals surface area (Å²) in [5.74, 6) is -2.84. The smallest absolute Gasteiger partial charge is 0.408 e. The number of hydrogen-bond donors (Lipinski definition) is 3. The number of alkyl halides is 3. The molecule has 0 fully saturated rings. The van der Waals surface area contributed by atoms with Crippen LogP contribution in [-0.2, 0) is 16.2 Å². The van der Waals surface area contributed by atoms with E-state index in [-0.39, 0.29) is 5.75 Å².